The van der Waals surface area contributed by atoms with Crippen molar-refractivity contribution in [3.8, 4) is 0 Å². The Kier molecular flexibility index (Phi) is 7.18. The maximum absolute atomic E-state index is 13.0. The van der Waals surface area contributed by atoms with Gasteiger partial charge in [0, 0.05) is 13.6 Å². The minimum Gasteiger partial charge on any atom is -0.344 e. The third-order valence-electron chi connectivity index (χ3n) is 4.63. The van der Waals surface area contributed by atoms with Crippen molar-refractivity contribution in [3.05, 3.63) is 70.8 Å². The molecule has 0 saturated heterocycles. The lowest BCUT2D eigenvalue weighted by Crippen LogP contribution is -2.39. The monoisotopic (exact) mass is 432 g/mol. The van der Waals surface area contributed by atoms with E-state index in [0.29, 0.717) is 12.1 Å². The topological polar surface area (TPSA) is 23.6 Å². The lowest BCUT2D eigenvalue weighted by Gasteiger charge is -2.28. The molecule has 0 radical (unpaired) electrons. The Balaban J connectivity index is 2.22. The Labute approximate surface area is 170 Å². The summed E-state index contributed by atoms with van der Waals surface area (Å²) in [4.78, 5) is 15.9. The fraction of sp³-hybridized carbons (Fsp3) is 0.381. The van der Waals surface area contributed by atoms with Crippen LogP contribution in [-0.4, -0.2) is 43.4 Å². The van der Waals surface area contributed by atoms with E-state index in [2.05, 4.69) is 0 Å². The zero-order chi connectivity index (χ0) is 22.7. The number of alkyl halides is 6. The Morgan fingerprint density at radius 3 is 1.80 bits per heavy atom. The van der Waals surface area contributed by atoms with E-state index in [1.165, 1.54) is 11.9 Å². The van der Waals surface area contributed by atoms with Gasteiger partial charge in [-0.1, -0.05) is 30.3 Å². The summed E-state index contributed by atoms with van der Waals surface area (Å²) in [7, 11) is 4.90. The molecule has 1 amide bonds. The van der Waals surface area contributed by atoms with E-state index in [0.717, 1.165) is 5.56 Å². The maximum atomic E-state index is 13.0. The first kappa shape index (κ1) is 23.7. The Morgan fingerprint density at radius 1 is 0.867 bits per heavy atom. The van der Waals surface area contributed by atoms with Crippen molar-refractivity contribution < 1.29 is 31.1 Å². The second-order valence-corrected chi connectivity index (χ2v) is 7.20. The van der Waals surface area contributed by atoms with Gasteiger partial charge < -0.3 is 4.90 Å². The molecule has 3 nitrogen and oxygen atoms in total. The first-order valence-corrected chi connectivity index (χ1v) is 9.05. The molecule has 0 N–H and O–H groups in total. The third kappa shape index (κ3) is 5.98. The van der Waals surface area contributed by atoms with Crippen molar-refractivity contribution in [1.29, 1.82) is 0 Å². The van der Waals surface area contributed by atoms with E-state index in [4.69, 9.17) is 0 Å². The van der Waals surface area contributed by atoms with Crippen LogP contribution in [0.15, 0.2) is 48.5 Å². The molecule has 9 heteroatoms. The second kappa shape index (κ2) is 9.07. The van der Waals surface area contributed by atoms with Gasteiger partial charge in [0.15, 0.2) is 0 Å². The van der Waals surface area contributed by atoms with E-state index in [9.17, 15) is 31.1 Å². The van der Waals surface area contributed by atoms with Gasteiger partial charge >= 0.3 is 12.4 Å². The van der Waals surface area contributed by atoms with Crippen LogP contribution in [0.25, 0.3) is 0 Å². The molecular formula is C21H22F6N2O. The number of halogens is 6. The number of rotatable bonds is 6. The SMILES string of the molecule is CN(CCc1cc(C(F)(F)F)cc(C(F)(F)F)c1)C(=O)C(c1ccccc1)N(C)C. The largest absolute Gasteiger partial charge is 0.416 e. The number of amides is 1. The number of benzene rings is 2. The van der Waals surface area contributed by atoms with Crippen molar-refractivity contribution in [2.75, 3.05) is 27.7 Å². The minimum absolute atomic E-state index is 0.0331. The van der Waals surface area contributed by atoms with Gasteiger partial charge in [0.05, 0.1) is 11.1 Å². The second-order valence-electron chi connectivity index (χ2n) is 7.20. The summed E-state index contributed by atoms with van der Waals surface area (Å²) >= 11 is 0. The van der Waals surface area contributed by atoms with Gasteiger partial charge in [0.25, 0.3) is 0 Å². The van der Waals surface area contributed by atoms with Gasteiger partial charge in [-0.3, -0.25) is 9.69 Å². The molecule has 0 bridgehead atoms. The lowest BCUT2D eigenvalue weighted by atomic mass is 10.0. The van der Waals surface area contributed by atoms with Crippen LogP contribution in [0.5, 0.6) is 0 Å². The minimum atomic E-state index is -4.90. The third-order valence-corrected chi connectivity index (χ3v) is 4.63. The lowest BCUT2D eigenvalue weighted by molar-refractivity contribution is -0.143. The number of nitrogens with zero attached hydrogens (tertiary/aromatic N) is 2. The summed E-state index contributed by atoms with van der Waals surface area (Å²) in [5, 5.41) is 0. The molecule has 0 heterocycles. The molecule has 1 atom stereocenters. The summed E-state index contributed by atoms with van der Waals surface area (Å²) in [6, 6.07) is 9.76. The van der Waals surface area contributed by atoms with Crippen LogP contribution in [0, 0.1) is 0 Å². The molecule has 0 saturated carbocycles. The highest BCUT2D eigenvalue weighted by atomic mass is 19.4. The van der Waals surface area contributed by atoms with Crippen LogP contribution in [0.4, 0.5) is 26.3 Å². The first-order valence-electron chi connectivity index (χ1n) is 9.05. The smallest absolute Gasteiger partial charge is 0.344 e. The van der Waals surface area contributed by atoms with Crippen LogP contribution >= 0.6 is 0 Å². The zero-order valence-electron chi connectivity index (χ0n) is 16.7. The van der Waals surface area contributed by atoms with Crippen LogP contribution < -0.4 is 0 Å². The molecule has 0 fully saturated rings. The molecule has 0 aliphatic rings. The molecule has 2 aromatic carbocycles. The van der Waals surface area contributed by atoms with Crippen molar-refractivity contribution in [2.24, 2.45) is 0 Å². The summed E-state index contributed by atoms with van der Waals surface area (Å²) in [5.74, 6) is -0.311. The van der Waals surface area contributed by atoms with Gasteiger partial charge in [0.1, 0.15) is 6.04 Å². The standard InChI is InChI=1S/C21H22F6N2O/c1-28(2)18(15-7-5-4-6-8-15)19(30)29(3)10-9-14-11-16(20(22,23)24)13-17(12-14)21(25,26)27/h4-8,11-13,18H,9-10H2,1-3H3. The van der Waals surface area contributed by atoms with E-state index >= 15 is 0 Å². The van der Waals surface area contributed by atoms with E-state index in [-0.39, 0.29) is 30.5 Å². The molecule has 0 aliphatic heterocycles. The maximum Gasteiger partial charge on any atom is 0.416 e. The Hall–Kier alpha value is -2.55. The molecule has 0 aromatic heterocycles. The summed E-state index contributed by atoms with van der Waals surface area (Å²) in [5.41, 5.74) is -2.13. The van der Waals surface area contributed by atoms with Crippen LogP contribution in [0.1, 0.15) is 28.3 Å². The molecule has 1 unspecified atom stereocenters. The molecule has 30 heavy (non-hydrogen) atoms. The van der Waals surface area contributed by atoms with Crippen molar-refractivity contribution >= 4 is 5.91 Å². The summed E-state index contributed by atoms with van der Waals surface area (Å²) in [6.45, 7) is -0.0331. The molecule has 2 aromatic rings. The van der Waals surface area contributed by atoms with Crippen molar-refractivity contribution in [3.63, 3.8) is 0 Å². The van der Waals surface area contributed by atoms with Crippen molar-refractivity contribution in [1.82, 2.24) is 9.80 Å². The quantitative estimate of drug-likeness (QED) is 0.598. The highest BCUT2D eigenvalue weighted by Gasteiger charge is 2.37. The van der Waals surface area contributed by atoms with Crippen LogP contribution in [0.2, 0.25) is 0 Å². The van der Waals surface area contributed by atoms with Gasteiger partial charge in [0.2, 0.25) is 5.91 Å². The van der Waals surface area contributed by atoms with Crippen LogP contribution in [0.3, 0.4) is 0 Å². The number of hydrogen-bond acceptors (Lipinski definition) is 2. The first-order chi connectivity index (χ1) is 13.8. The van der Waals surface area contributed by atoms with E-state index < -0.39 is 29.5 Å². The van der Waals surface area contributed by atoms with E-state index in [1.54, 1.807) is 49.3 Å². The average molecular weight is 432 g/mol. The van der Waals surface area contributed by atoms with E-state index in [1.807, 2.05) is 0 Å². The van der Waals surface area contributed by atoms with Crippen molar-refractivity contribution in [2.45, 2.75) is 24.8 Å². The number of likely N-dealkylation sites (N-methyl/N-ethyl adjacent to an activating group) is 2. The highest BCUT2D eigenvalue weighted by molar-refractivity contribution is 5.83. The molecule has 0 aliphatic carbocycles. The molecule has 2 rings (SSSR count). The van der Waals surface area contributed by atoms with Gasteiger partial charge in [-0.25, -0.2) is 0 Å². The predicted octanol–water partition coefficient (Wildman–Crippen LogP) is 5.03. The number of carbonyl (C=O) groups is 1. The highest BCUT2D eigenvalue weighted by Crippen LogP contribution is 2.36. The molecule has 0 spiro atoms. The normalized spacial score (nSPS) is 13.4. The Morgan fingerprint density at radius 2 is 1.37 bits per heavy atom. The Bertz CT molecular complexity index is 830. The summed E-state index contributed by atoms with van der Waals surface area (Å²) in [6.07, 6.45) is -9.95. The molecule has 164 valence electrons. The fourth-order valence-electron chi connectivity index (χ4n) is 3.08. The van der Waals surface area contributed by atoms with Crippen LogP contribution in [-0.2, 0) is 23.6 Å². The molecular weight excluding hydrogens is 410 g/mol. The average Bonchev–Trinajstić information content (AvgIpc) is 2.65. The predicted molar refractivity (Wildman–Crippen MR) is 101 cm³/mol. The van der Waals surface area contributed by atoms with Gasteiger partial charge in [-0.2, -0.15) is 26.3 Å². The number of hydrogen-bond donors (Lipinski definition) is 0. The zero-order valence-corrected chi connectivity index (χ0v) is 16.7. The summed E-state index contributed by atoms with van der Waals surface area (Å²) < 4.78 is 78.0. The fourth-order valence-corrected chi connectivity index (χ4v) is 3.08. The van der Waals surface area contributed by atoms with Gasteiger partial charge in [-0.15, -0.1) is 0 Å². The van der Waals surface area contributed by atoms with Gasteiger partial charge in [-0.05, 0) is 49.8 Å². The number of carbonyl (C=O) groups excluding carboxylic acids is 1.